The fraction of sp³-hybridized carbons (Fsp3) is 0.0500. The highest BCUT2D eigenvalue weighted by Gasteiger charge is 2.18. The van der Waals surface area contributed by atoms with E-state index in [4.69, 9.17) is 14.4 Å². The summed E-state index contributed by atoms with van der Waals surface area (Å²) in [6, 6.07) is 40.5. The normalized spacial score (nSPS) is 13.3. The number of furan rings is 1. The number of fused-ring (bicyclic) bond motifs is 6. The van der Waals surface area contributed by atoms with Gasteiger partial charge in [-0.15, -0.1) is 0 Å². The van der Waals surface area contributed by atoms with Crippen LogP contribution in [0.2, 0.25) is 0 Å². The van der Waals surface area contributed by atoms with Crippen LogP contribution in [0.5, 0.6) is 0 Å². The van der Waals surface area contributed by atoms with E-state index < -0.39 is 0 Å². The largest absolute Gasteiger partial charge is 0.456 e. The fourth-order valence-electron chi connectivity index (χ4n) is 6.54. The molecule has 4 nitrogen and oxygen atoms in total. The van der Waals surface area contributed by atoms with Crippen LogP contribution < -0.4 is 0 Å². The molecule has 0 amide bonds. The summed E-state index contributed by atoms with van der Waals surface area (Å²) in [6.45, 7) is 0. The average molecular weight is 566 g/mol. The van der Waals surface area contributed by atoms with E-state index in [1.165, 1.54) is 0 Å². The number of nitrogens with zero attached hydrogens (tertiary/aromatic N) is 3. The number of para-hydroxylation sites is 1. The molecule has 0 radical (unpaired) electrons. The zero-order chi connectivity index (χ0) is 29.0. The standard InChI is InChI=1S/C40H27N3O/c1-3-10-26(11-4-1)30-24-35(27-12-5-2-6-13-27)42-39(25-30)43-36-19-17-28(22-33(36)32-15-9-21-41-40(32)43)29-18-20-38-34(23-29)31-14-7-8-16-37(31)44-38/h1,3-5,7-25H,2,6H2. The Morgan fingerprint density at radius 2 is 1.39 bits per heavy atom. The second kappa shape index (κ2) is 9.92. The lowest BCUT2D eigenvalue weighted by molar-refractivity contribution is 0.669. The van der Waals surface area contributed by atoms with E-state index in [0.717, 1.165) is 96.1 Å². The van der Waals surface area contributed by atoms with Crippen molar-refractivity contribution in [1.82, 2.24) is 14.5 Å². The van der Waals surface area contributed by atoms with Crippen LogP contribution in [0.3, 0.4) is 0 Å². The van der Waals surface area contributed by atoms with E-state index in [9.17, 15) is 0 Å². The van der Waals surface area contributed by atoms with Gasteiger partial charge in [0.1, 0.15) is 22.6 Å². The minimum Gasteiger partial charge on any atom is -0.456 e. The third kappa shape index (κ3) is 3.99. The quantitative estimate of drug-likeness (QED) is 0.213. The molecule has 0 saturated heterocycles. The van der Waals surface area contributed by atoms with Crippen LogP contribution in [0.4, 0.5) is 0 Å². The molecule has 0 aliphatic heterocycles. The van der Waals surface area contributed by atoms with Gasteiger partial charge in [0.2, 0.25) is 0 Å². The predicted octanol–water partition coefficient (Wildman–Crippen LogP) is 10.5. The Hall–Kier alpha value is -5.74. The average Bonchev–Trinajstić information content (AvgIpc) is 3.64. The Morgan fingerprint density at radius 3 is 2.27 bits per heavy atom. The summed E-state index contributed by atoms with van der Waals surface area (Å²) in [4.78, 5) is 10.1. The van der Waals surface area contributed by atoms with Gasteiger partial charge in [-0.1, -0.05) is 78.9 Å². The van der Waals surface area contributed by atoms with Crippen molar-refractivity contribution >= 4 is 49.4 Å². The summed E-state index contributed by atoms with van der Waals surface area (Å²) < 4.78 is 8.30. The Kier molecular flexibility index (Phi) is 5.60. The van der Waals surface area contributed by atoms with E-state index in [-0.39, 0.29) is 0 Å². The van der Waals surface area contributed by atoms with Crippen LogP contribution in [0.25, 0.3) is 77.5 Å². The van der Waals surface area contributed by atoms with Crippen LogP contribution in [0, 0.1) is 0 Å². The van der Waals surface area contributed by atoms with E-state index in [0.29, 0.717) is 0 Å². The molecule has 0 N–H and O–H groups in total. The first-order chi connectivity index (χ1) is 21.8. The van der Waals surface area contributed by atoms with Gasteiger partial charge in [-0.3, -0.25) is 4.57 Å². The van der Waals surface area contributed by atoms with Gasteiger partial charge >= 0.3 is 0 Å². The molecule has 1 aliphatic rings. The van der Waals surface area contributed by atoms with Crippen LogP contribution in [0.15, 0.2) is 144 Å². The van der Waals surface area contributed by atoms with Gasteiger partial charge in [0.25, 0.3) is 0 Å². The summed E-state index contributed by atoms with van der Waals surface area (Å²) in [5.41, 5.74) is 10.5. The monoisotopic (exact) mass is 565 g/mol. The van der Waals surface area contributed by atoms with Crippen molar-refractivity contribution in [2.24, 2.45) is 0 Å². The van der Waals surface area contributed by atoms with E-state index >= 15 is 0 Å². The molecule has 4 heteroatoms. The van der Waals surface area contributed by atoms with Crippen molar-refractivity contribution in [3.63, 3.8) is 0 Å². The number of aromatic nitrogens is 3. The first-order valence-corrected chi connectivity index (χ1v) is 15.1. The number of hydrogen-bond donors (Lipinski definition) is 0. The minimum atomic E-state index is 0.860. The summed E-state index contributed by atoms with van der Waals surface area (Å²) in [6.07, 6.45) is 10.7. The van der Waals surface area contributed by atoms with Gasteiger partial charge in [0.05, 0.1) is 11.2 Å². The first kappa shape index (κ1) is 24.8. The third-order valence-electron chi connectivity index (χ3n) is 8.67. The molecule has 0 unspecified atom stereocenters. The lowest BCUT2D eigenvalue weighted by atomic mass is 10.00. The summed E-state index contributed by atoms with van der Waals surface area (Å²) in [7, 11) is 0. The van der Waals surface area contributed by atoms with Crippen LogP contribution in [0.1, 0.15) is 18.5 Å². The fourth-order valence-corrected chi connectivity index (χ4v) is 6.54. The molecule has 0 fully saturated rings. The predicted molar refractivity (Wildman–Crippen MR) is 181 cm³/mol. The Balaban J connectivity index is 1.26. The van der Waals surface area contributed by atoms with Crippen molar-refractivity contribution in [3.05, 3.63) is 145 Å². The molecule has 0 saturated carbocycles. The zero-order valence-electron chi connectivity index (χ0n) is 23.9. The second-order valence-corrected chi connectivity index (χ2v) is 11.4. The molecular weight excluding hydrogens is 538 g/mol. The maximum atomic E-state index is 6.09. The number of pyridine rings is 2. The molecule has 44 heavy (non-hydrogen) atoms. The molecule has 9 rings (SSSR count). The molecule has 4 heterocycles. The van der Waals surface area contributed by atoms with Crippen molar-refractivity contribution < 1.29 is 4.42 Å². The molecule has 1 aliphatic carbocycles. The van der Waals surface area contributed by atoms with Crippen LogP contribution >= 0.6 is 0 Å². The molecule has 4 aromatic carbocycles. The van der Waals surface area contributed by atoms with Crippen molar-refractivity contribution in [3.8, 4) is 28.1 Å². The van der Waals surface area contributed by atoms with E-state index in [1.54, 1.807) is 0 Å². The van der Waals surface area contributed by atoms with Crippen LogP contribution in [-0.4, -0.2) is 14.5 Å². The lowest BCUT2D eigenvalue weighted by Crippen LogP contribution is -2.02. The molecule has 4 aromatic heterocycles. The molecule has 8 aromatic rings. The Morgan fingerprint density at radius 1 is 0.591 bits per heavy atom. The summed E-state index contributed by atoms with van der Waals surface area (Å²) in [5, 5.41) is 4.51. The smallest absolute Gasteiger partial charge is 0.146 e. The zero-order valence-corrected chi connectivity index (χ0v) is 23.9. The number of benzene rings is 4. The van der Waals surface area contributed by atoms with Gasteiger partial charge in [-0.2, -0.15) is 0 Å². The number of rotatable bonds is 4. The highest BCUT2D eigenvalue weighted by Crippen LogP contribution is 2.37. The van der Waals surface area contributed by atoms with E-state index in [2.05, 4.69) is 120 Å². The van der Waals surface area contributed by atoms with Crippen molar-refractivity contribution in [2.75, 3.05) is 0 Å². The maximum Gasteiger partial charge on any atom is 0.146 e. The first-order valence-electron chi connectivity index (χ1n) is 15.1. The van der Waals surface area contributed by atoms with Gasteiger partial charge in [0, 0.05) is 27.7 Å². The maximum absolute atomic E-state index is 6.09. The number of hydrogen-bond acceptors (Lipinski definition) is 3. The second-order valence-electron chi connectivity index (χ2n) is 11.4. The SMILES string of the molecule is C1=CC(c2cc(-c3ccccc3)cc(-n3c4ccc(-c5ccc6oc7ccccc7c6c5)cc4c4cccnc43)n2)=CCC1. The molecular formula is C40H27N3O. The Bertz CT molecular complexity index is 2440. The third-order valence-corrected chi connectivity index (χ3v) is 8.67. The van der Waals surface area contributed by atoms with Gasteiger partial charge in [-0.05, 0) is 95.3 Å². The summed E-state index contributed by atoms with van der Waals surface area (Å²) in [5.74, 6) is 0.860. The number of allylic oxidation sites excluding steroid dienone is 4. The van der Waals surface area contributed by atoms with Crippen LogP contribution in [-0.2, 0) is 0 Å². The highest BCUT2D eigenvalue weighted by atomic mass is 16.3. The topological polar surface area (TPSA) is 43.9 Å². The molecule has 0 spiro atoms. The van der Waals surface area contributed by atoms with Crippen molar-refractivity contribution in [1.29, 1.82) is 0 Å². The molecule has 208 valence electrons. The van der Waals surface area contributed by atoms with Gasteiger partial charge < -0.3 is 4.42 Å². The molecule has 0 atom stereocenters. The summed E-state index contributed by atoms with van der Waals surface area (Å²) >= 11 is 0. The van der Waals surface area contributed by atoms with E-state index in [1.807, 2.05) is 24.4 Å². The van der Waals surface area contributed by atoms with Crippen molar-refractivity contribution in [2.45, 2.75) is 12.8 Å². The molecule has 0 bridgehead atoms. The Labute approximate surface area is 254 Å². The lowest BCUT2D eigenvalue weighted by Gasteiger charge is -2.14. The highest BCUT2D eigenvalue weighted by molar-refractivity contribution is 6.10. The van der Waals surface area contributed by atoms with Gasteiger partial charge in [-0.25, -0.2) is 9.97 Å². The van der Waals surface area contributed by atoms with Gasteiger partial charge in [0.15, 0.2) is 0 Å². The minimum absolute atomic E-state index is 0.860.